The van der Waals surface area contributed by atoms with Crippen LogP contribution in [0.1, 0.15) is 13.3 Å². The van der Waals surface area contributed by atoms with Gasteiger partial charge >= 0.3 is 0 Å². The molecule has 0 aliphatic carbocycles. The predicted octanol–water partition coefficient (Wildman–Crippen LogP) is -0.131. The van der Waals surface area contributed by atoms with Crippen LogP contribution in [0, 0.1) is 10.1 Å². The molecule has 0 fully saturated rings. The highest BCUT2D eigenvalue weighted by atomic mass is 16.6. The van der Waals surface area contributed by atoms with Gasteiger partial charge in [0, 0.05) is 13.5 Å². The molecular weight excluding hydrogens is 184 g/mol. The number of rotatable bonds is 6. The van der Waals surface area contributed by atoms with Crippen molar-refractivity contribution in [2.24, 2.45) is 0 Å². The third-order valence-corrected chi connectivity index (χ3v) is 2.23. The summed E-state index contributed by atoms with van der Waals surface area (Å²) in [5.41, 5.74) is 0.228. The van der Waals surface area contributed by atoms with Crippen molar-refractivity contribution < 1.29 is 4.92 Å². The van der Waals surface area contributed by atoms with Gasteiger partial charge in [-0.15, -0.1) is 0 Å². The lowest BCUT2D eigenvalue weighted by atomic mass is 10.1. The van der Waals surface area contributed by atoms with E-state index in [1.165, 1.54) is 0 Å². The van der Waals surface area contributed by atoms with Crippen LogP contribution in [0.3, 0.4) is 0 Å². The first-order valence-corrected chi connectivity index (χ1v) is 4.37. The summed E-state index contributed by atoms with van der Waals surface area (Å²) >= 11 is 0. The summed E-state index contributed by atoms with van der Waals surface area (Å²) in [6.07, 6.45) is 1.49. The van der Waals surface area contributed by atoms with Crippen molar-refractivity contribution >= 4 is 0 Å². The Bertz CT molecular complexity index is 223. The predicted molar refractivity (Wildman–Crippen MR) is 55.3 cm³/mol. The summed E-state index contributed by atoms with van der Waals surface area (Å²) in [5.74, 6) is 0. The van der Waals surface area contributed by atoms with E-state index >= 15 is 0 Å². The van der Waals surface area contributed by atoms with Gasteiger partial charge in [0.2, 0.25) is 0 Å². The first-order chi connectivity index (χ1) is 6.47. The third-order valence-electron chi connectivity index (χ3n) is 2.23. The van der Waals surface area contributed by atoms with Crippen LogP contribution in [0.5, 0.6) is 0 Å². The smallest absolute Gasteiger partial charge is 0.253 e. The van der Waals surface area contributed by atoms with E-state index < -0.39 is 4.92 Å². The fourth-order valence-corrected chi connectivity index (χ4v) is 1.01. The Kier molecular flexibility index (Phi) is 5.11. The lowest BCUT2D eigenvalue weighted by molar-refractivity contribution is -0.404. The topological polar surface area (TPSA) is 79.2 Å². The number of nitrogens with one attached hydrogen (secondary N) is 3. The quantitative estimate of drug-likeness (QED) is 0.317. The zero-order valence-electron chi connectivity index (χ0n) is 9.05. The lowest BCUT2D eigenvalue weighted by Crippen LogP contribution is -2.52. The molecule has 0 saturated carbocycles. The second-order valence-electron chi connectivity index (χ2n) is 3.20. The van der Waals surface area contributed by atoms with E-state index in [1.807, 2.05) is 6.92 Å². The van der Waals surface area contributed by atoms with Gasteiger partial charge in [0.15, 0.2) is 0 Å². The molecule has 82 valence electrons. The monoisotopic (exact) mass is 202 g/mol. The standard InChI is InChI=1S/C8H18N4O2/c1-8(10-3,11-4)5-7(9-2)6-12(13)14/h6,9-11H,5H2,1-4H3. The summed E-state index contributed by atoms with van der Waals surface area (Å²) < 4.78 is 0. The number of hydrogen-bond donors (Lipinski definition) is 3. The molecule has 0 rings (SSSR count). The van der Waals surface area contributed by atoms with Crippen LogP contribution in [0.4, 0.5) is 0 Å². The average molecular weight is 202 g/mol. The maximum absolute atomic E-state index is 10.3. The van der Waals surface area contributed by atoms with Gasteiger partial charge in [0.1, 0.15) is 0 Å². The second kappa shape index (κ2) is 5.56. The van der Waals surface area contributed by atoms with Gasteiger partial charge in [-0.1, -0.05) is 0 Å². The van der Waals surface area contributed by atoms with Crippen LogP contribution in [0.25, 0.3) is 0 Å². The Morgan fingerprint density at radius 2 is 1.93 bits per heavy atom. The maximum atomic E-state index is 10.3. The molecule has 0 unspecified atom stereocenters. The third kappa shape index (κ3) is 4.20. The molecule has 0 saturated heterocycles. The van der Waals surface area contributed by atoms with Gasteiger partial charge in [0.05, 0.1) is 16.3 Å². The molecule has 0 aromatic rings. The van der Waals surface area contributed by atoms with E-state index in [2.05, 4.69) is 16.0 Å². The van der Waals surface area contributed by atoms with E-state index in [-0.39, 0.29) is 5.66 Å². The molecule has 0 aliphatic rings. The van der Waals surface area contributed by atoms with E-state index in [9.17, 15) is 10.1 Å². The highest BCUT2D eigenvalue weighted by Gasteiger charge is 2.21. The van der Waals surface area contributed by atoms with Crippen LogP contribution in [-0.2, 0) is 0 Å². The van der Waals surface area contributed by atoms with Crippen molar-refractivity contribution in [2.75, 3.05) is 21.1 Å². The van der Waals surface area contributed by atoms with E-state index in [0.29, 0.717) is 12.1 Å². The average Bonchev–Trinajstić information content (AvgIpc) is 2.16. The molecule has 0 aliphatic heterocycles. The van der Waals surface area contributed by atoms with Crippen molar-refractivity contribution in [2.45, 2.75) is 19.0 Å². The van der Waals surface area contributed by atoms with Crippen molar-refractivity contribution in [3.8, 4) is 0 Å². The second-order valence-corrected chi connectivity index (χ2v) is 3.20. The van der Waals surface area contributed by atoms with Crippen LogP contribution in [0.2, 0.25) is 0 Å². The molecule has 14 heavy (non-hydrogen) atoms. The summed E-state index contributed by atoms with van der Waals surface area (Å²) in [7, 11) is 5.27. The molecule has 0 spiro atoms. The van der Waals surface area contributed by atoms with Crippen LogP contribution < -0.4 is 16.0 Å². The Balaban J connectivity index is 4.52. The van der Waals surface area contributed by atoms with Crippen LogP contribution >= 0.6 is 0 Å². The molecule has 3 N–H and O–H groups in total. The van der Waals surface area contributed by atoms with Crippen molar-refractivity contribution in [3.05, 3.63) is 22.0 Å². The zero-order valence-corrected chi connectivity index (χ0v) is 9.05. The molecular formula is C8H18N4O2. The summed E-state index contributed by atoms with van der Waals surface area (Å²) in [4.78, 5) is 9.82. The van der Waals surface area contributed by atoms with Crippen molar-refractivity contribution in [3.63, 3.8) is 0 Å². The first-order valence-electron chi connectivity index (χ1n) is 4.37. The van der Waals surface area contributed by atoms with Gasteiger partial charge in [-0.25, -0.2) is 0 Å². The molecule has 6 heteroatoms. The number of hydrogen-bond acceptors (Lipinski definition) is 5. The zero-order chi connectivity index (χ0) is 11.2. The van der Waals surface area contributed by atoms with Crippen LogP contribution in [-0.4, -0.2) is 31.7 Å². The van der Waals surface area contributed by atoms with Gasteiger partial charge in [-0.2, -0.15) is 0 Å². The maximum Gasteiger partial charge on any atom is 0.253 e. The van der Waals surface area contributed by atoms with Crippen molar-refractivity contribution in [1.82, 2.24) is 16.0 Å². The Morgan fingerprint density at radius 1 is 1.43 bits per heavy atom. The SMILES string of the molecule is CNC(=C[N+](=O)[O-])CC(C)(NC)NC. The van der Waals surface area contributed by atoms with E-state index in [4.69, 9.17) is 0 Å². The van der Waals surface area contributed by atoms with Gasteiger partial charge in [-0.3, -0.25) is 10.1 Å². The van der Waals surface area contributed by atoms with Gasteiger partial charge < -0.3 is 16.0 Å². The summed E-state index contributed by atoms with van der Waals surface area (Å²) in [5, 5.41) is 19.2. The molecule has 0 atom stereocenters. The van der Waals surface area contributed by atoms with Crippen molar-refractivity contribution in [1.29, 1.82) is 0 Å². The number of nitrogens with zero attached hydrogens (tertiary/aromatic N) is 1. The van der Waals surface area contributed by atoms with Crippen LogP contribution in [0.15, 0.2) is 11.9 Å². The lowest BCUT2D eigenvalue weighted by Gasteiger charge is -2.29. The largest absolute Gasteiger partial charge is 0.386 e. The van der Waals surface area contributed by atoms with E-state index in [1.54, 1.807) is 21.1 Å². The minimum absolute atomic E-state index is 0.342. The fourth-order valence-electron chi connectivity index (χ4n) is 1.01. The van der Waals surface area contributed by atoms with Gasteiger partial charge in [-0.05, 0) is 21.0 Å². The molecule has 0 bridgehead atoms. The fraction of sp³-hybridized carbons (Fsp3) is 0.750. The van der Waals surface area contributed by atoms with Gasteiger partial charge in [0.25, 0.3) is 6.20 Å². The Hall–Kier alpha value is -1.14. The summed E-state index contributed by atoms with van der Waals surface area (Å²) in [6.45, 7) is 1.93. The first kappa shape index (κ1) is 12.9. The molecule has 0 aromatic heterocycles. The Morgan fingerprint density at radius 3 is 2.21 bits per heavy atom. The summed E-state index contributed by atoms with van der Waals surface area (Å²) in [6, 6.07) is 0. The molecule has 6 nitrogen and oxygen atoms in total. The number of nitro groups is 1. The molecule has 0 radical (unpaired) electrons. The molecule has 0 amide bonds. The Labute approximate surface area is 83.9 Å². The highest BCUT2D eigenvalue weighted by molar-refractivity contribution is 5.00. The molecule has 0 aromatic carbocycles. The minimum Gasteiger partial charge on any atom is -0.386 e. The molecule has 0 heterocycles. The normalized spacial score (nSPS) is 12.7. The van der Waals surface area contributed by atoms with E-state index in [0.717, 1.165) is 6.20 Å². The highest BCUT2D eigenvalue weighted by Crippen LogP contribution is 2.10. The minimum atomic E-state index is -0.461.